The zero-order chi connectivity index (χ0) is 30.9. The monoisotopic (exact) mass is 591 g/mol. The van der Waals surface area contributed by atoms with Crippen LogP contribution in [0, 0.1) is 26.7 Å². The summed E-state index contributed by atoms with van der Waals surface area (Å²) >= 11 is 0. The van der Waals surface area contributed by atoms with E-state index in [1.54, 1.807) is 4.90 Å². The van der Waals surface area contributed by atoms with E-state index in [4.69, 9.17) is 0 Å². The molecule has 0 bridgehead atoms. The molecule has 0 aromatic heterocycles. The lowest BCUT2D eigenvalue weighted by Crippen LogP contribution is -2.51. The van der Waals surface area contributed by atoms with E-state index in [0.29, 0.717) is 25.1 Å². The molecule has 7 nitrogen and oxygen atoms in total. The van der Waals surface area contributed by atoms with Crippen LogP contribution in [0.1, 0.15) is 54.5 Å². The Balaban J connectivity index is 1.89. The molecule has 0 aliphatic carbocycles. The molecule has 0 aliphatic rings. The van der Waals surface area contributed by atoms with Gasteiger partial charge >= 0.3 is 0 Å². The van der Waals surface area contributed by atoms with Gasteiger partial charge in [-0.05, 0) is 67.5 Å². The van der Waals surface area contributed by atoms with Crippen molar-refractivity contribution in [3.05, 3.63) is 101 Å². The SMILES string of the molecule is Cc1cccc(CN(C(=O)CCCN(c2cc(C)cc(C)c2)S(C)(=O)=O)C(Cc2ccccc2)C(=O)NCC(C)C)c1. The van der Waals surface area contributed by atoms with E-state index in [1.165, 1.54) is 10.6 Å². The molecule has 8 heteroatoms. The summed E-state index contributed by atoms with van der Waals surface area (Å²) in [5, 5.41) is 3.04. The van der Waals surface area contributed by atoms with Crippen LogP contribution in [0.25, 0.3) is 0 Å². The third-order valence-electron chi connectivity index (χ3n) is 7.04. The summed E-state index contributed by atoms with van der Waals surface area (Å²) in [6, 6.07) is 22.6. The molecule has 0 saturated carbocycles. The lowest BCUT2D eigenvalue weighted by Gasteiger charge is -2.32. The van der Waals surface area contributed by atoms with Gasteiger partial charge in [-0.2, -0.15) is 0 Å². The number of nitrogens with zero attached hydrogens (tertiary/aromatic N) is 2. The van der Waals surface area contributed by atoms with Gasteiger partial charge in [0.2, 0.25) is 21.8 Å². The number of carbonyl (C=O) groups is 2. The number of nitrogens with one attached hydrogen (secondary N) is 1. The fourth-order valence-corrected chi connectivity index (χ4v) is 6.03. The summed E-state index contributed by atoms with van der Waals surface area (Å²) in [7, 11) is -3.56. The Morgan fingerprint density at radius 2 is 1.48 bits per heavy atom. The summed E-state index contributed by atoms with van der Waals surface area (Å²) in [6.07, 6.45) is 1.98. The molecular formula is C34H45N3O4S. The maximum atomic E-state index is 14.0. The van der Waals surface area contributed by atoms with Crippen molar-refractivity contribution in [3.8, 4) is 0 Å². The van der Waals surface area contributed by atoms with Crippen molar-refractivity contribution in [1.82, 2.24) is 10.2 Å². The molecule has 1 unspecified atom stereocenters. The Morgan fingerprint density at radius 3 is 2.07 bits per heavy atom. The maximum absolute atomic E-state index is 14.0. The zero-order valence-electron chi connectivity index (χ0n) is 25.8. The third kappa shape index (κ3) is 10.0. The van der Waals surface area contributed by atoms with Crippen molar-refractivity contribution in [2.45, 2.75) is 66.5 Å². The molecule has 0 fully saturated rings. The molecule has 0 heterocycles. The normalized spacial score (nSPS) is 12.2. The highest BCUT2D eigenvalue weighted by Gasteiger charge is 2.30. The number of carbonyl (C=O) groups excluding carboxylic acids is 2. The first-order valence-corrected chi connectivity index (χ1v) is 16.4. The molecule has 0 spiro atoms. The predicted octanol–water partition coefficient (Wildman–Crippen LogP) is 5.57. The zero-order valence-corrected chi connectivity index (χ0v) is 26.6. The minimum atomic E-state index is -3.56. The molecule has 3 aromatic carbocycles. The summed E-state index contributed by atoms with van der Waals surface area (Å²) in [5.41, 5.74) is 5.49. The van der Waals surface area contributed by atoms with Gasteiger partial charge in [0, 0.05) is 32.5 Å². The van der Waals surface area contributed by atoms with Gasteiger partial charge in [-0.1, -0.05) is 80.1 Å². The van der Waals surface area contributed by atoms with E-state index >= 15 is 0 Å². The van der Waals surface area contributed by atoms with Crippen molar-refractivity contribution in [2.75, 3.05) is 23.7 Å². The van der Waals surface area contributed by atoms with Crippen LogP contribution in [0.15, 0.2) is 72.8 Å². The summed E-state index contributed by atoms with van der Waals surface area (Å²) < 4.78 is 26.8. The van der Waals surface area contributed by atoms with Crippen LogP contribution in [-0.2, 0) is 32.6 Å². The molecule has 42 heavy (non-hydrogen) atoms. The van der Waals surface area contributed by atoms with Crippen LogP contribution >= 0.6 is 0 Å². The van der Waals surface area contributed by atoms with Gasteiger partial charge in [0.25, 0.3) is 0 Å². The lowest BCUT2D eigenvalue weighted by molar-refractivity contribution is -0.141. The number of anilines is 1. The highest BCUT2D eigenvalue weighted by Crippen LogP contribution is 2.23. The number of sulfonamides is 1. The van der Waals surface area contributed by atoms with Gasteiger partial charge in [-0.25, -0.2) is 8.42 Å². The average Bonchev–Trinajstić information content (AvgIpc) is 2.91. The van der Waals surface area contributed by atoms with E-state index in [2.05, 4.69) is 5.32 Å². The Morgan fingerprint density at radius 1 is 0.833 bits per heavy atom. The average molecular weight is 592 g/mol. The fourth-order valence-electron chi connectivity index (χ4n) is 5.08. The van der Waals surface area contributed by atoms with E-state index in [0.717, 1.165) is 27.8 Å². The van der Waals surface area contributed by atoms with Gasteiger partial charge in [-0.3, -0.25) is 13.9 Å². The van der Waals surface area contributed by atoms with Crippen molar-refractivity contribution in [2.24, 2.45) is 5.92 Å². The van der Waals surface area contributed by atoms with E-state index in [-0.39, 0.29) is 37.2 Å². The number of hydrogen-bond donors (Lipinski definition) is 1. The summed E-state index contributed by atoms with van der Waals surface area (Å²) in [5.74, 6) is -0.118. The fraction of sp³-hybridized carbons (Fsp3) is 0.412. The minimum absolute atomic E-state index is 0.103. The molecule has 0 saturated heterocycles. The molecule has 0 aliphatic heterocycles. The molecule has 0 radical (unpaired) electrons. The van der Waals surface area contributed by atoms with Crippen LogP contribution in [0.4, 0.5) is 5.69 Å². The Hall–Kier alpha value is -3.65. The van der Waals surface area contributed by atoms with Crippen molar-refractivity contribution < 1.29 is 18.0 Å². The van der Waals surface area contributed by atoms with Crippen molar-refractivity contribution >= 4 is 27.5 Å². The highest BCUT2D eigenvalue weighted by molar-refractivity contribution is 7.92. The molecule has 1 atom stereocenters. The van der Waals surface area contributed by atoms with Gasteiger partial charge in [0.15, 0.2) is 0 Å². The standard InChI is InChI=1S/C34H45N3O4S/c1-25(2)23-35-34(39)32(22-29-13-8-7-9-14-29)36(24-30-15-10-12-26(3)19-30)33(38)16-11-17-37(42(6,40)41)31-20-27(4)18-28(5)21-31/h7-10,12-15,18-21,25,32H,11,16-17,22-24H2,1-6H3,(H,35,39). The second-order valence-corrected chi connectivity index (χ2v) is 13.5. The molecule has 1 N–H and O–H groups in total. The van der Waals surface area contributed by atoms with Gasteiger partial charge in [-0.15, -0.1) is 0 Å². The number of aryl methyl sites for hydroxylation is 3. The molecule has 226 valence electrons. The van der Waals surface area contributed by atoms with E-state index in [9.17, 15) is 18.0 Å². The Labute approximate surface area is 252 Å². The smallest absolute Gasteiger partial charge is 0.243 e. The number of hydrogen-bond acceptors (Lipinski definition) is 4. The second kappa shape index (κ2) is 15.0. The van der Waals surface area contributed by atoms with E-state index < -0.39 is 16.1 Å². The van der Waals surface area contributed by atoms with Crippen LogP contribution in [0.2, 0.25) is 0 Å². The van der Waals surface area contributed by atoms with Gasteiger partial charge in [0.1, 0.15) is 6.04 Å². The van der Waals surface area contributed by atoms with Gasteiger partial charge < -0.3 is 10.2 Å². The molecule has 3 rings (SSSR count). The molecule has 3 aromatic rings. The first-order chi connectivity index (χ1) is 19.8. The van der Waals surface area contributed by atoms with Crippen LogP contribution < -0.4 is 9.62 Å². The predicted molar refractivity (Wildman–Crippen MR) is 171 cm³/mol. The number of amides is 2. The largest absolute Gasteiger partial charge is 0.354 e. The van der Waals surface area contributed by atoms with Gasteiger partial charge in [0.05, 0.1) is 11.9 Å². The Bertz CT molecular complexity index is 1430. The van der Waals surface area contributed by atoms with E-state index in [1.807, 2.05) is 107 Å². The number of benzene rings is 3. The first kappa shape index (κ1) is 32.9. The second-order valence-electron chi connectivity index (χ2n) is 11.6. The topological polar surface area (TPSA) is 86.8 Å². The minimum Gasteiger partial charge on any atom is -0.354 e. The summed E-state index contributed by atoms with van der Waals surface area (Å²) in [4.78, 5) is 29.3. The summed E-state index contributed by atoms with van der Waals surface area (Å²) in [6.45, 7) is 10.9. The molecule has 2 amide bonds. The Kier molecular flexibility index (Phi) is 11.7. The highest BCUT2D eigenvalue weighted by atomic mass is 32.2. The van der Waals surface area contributed by atoms with Crippen LogP contribution in [0.3, 0.4) is 0 Å². The van der Waals surface area contributed by atoms with Crippen molar-refractivity contribution in [1.29, 1.82) is 0 Å². The third-order valence-corrected chi connectivity index (χ3v) is 8.23. The molecular weight excluding hydrogens is 546 g/mol. The first-order valence-electron chi connectivity index (χ1n) is 14.6. The van der Waals surface area contributed by atoms with Crippen LogP contribution in [0.5, 0.6) is 0 Å². The van der Waals surface area contributed by atoms with Crippen molar-refractivity contribution in [3.63, 3.8) is 0 Å². The maximum Gasteiger partial charge on any atom is 0.243 e. The van der Waals surface area contributed by atoms with Crippen LogP contribution in [-0.4, -0.2) is 50.5 Å². The quantitative estimate of drug-likeness (QED) is 0.266. The number of rotatable bonds is 14. The lowest BCUT2D eigenvalue weighted by atomic mass is 10.0.